The van der Waals surface area contributed by atoms with E-state index in [0.29, 0.717) is 0 Å². The second kappa shape index (κ2) is 10.1. The average molecular weight is 345 g/mol. The van der Waals surface area contributed by atoms with E-state index >= 15 is 0 Å². The van der Waals surface area contributed by atoms with Crippen LogP contribution in [0.3, 0.4) is 0 Å². The number of nitrogens with one attached hydrogen (secondary N) is 2. The first-order valence-corrected chi connectivity index (χ1v) is 7.27. The van der Waals surface area contributed by atoms with Crippen molar-refractivity contribution in [1.82, 2.24) is 10.6 Å². The molecular weight excluding hydrogens is 322 g/mol. The van der Waals surface area contributed by atoms with E-state index in [9.17, 15) is 9.59 Å². The first-order chi connectivity index (χ1) is 11.5. The largest absolute Gasteiger partial charge is 0.376 e. The van der Waals surface area contributed by atoms with Crippen LogP contribution in [0.5, 0.6) is 0 Å². The summed E-state index contributed by atoms with van der Waals surface area (Å²) in [5.74, 6) is -0.707. The monoisotopic (exact) mass is 345 g/mol. The molecule has 1 saturated heterocycles. The van der Waals surface area contributed by atoms with Gasteiger partial charge in [0.25, 0.3) is 0 Å². The molecule has 0 saturated carbocycles. The van der Waals surface area contributed by atoms with Gasteiger partial charge in [0, 0.05) is 39.7 Å². The zero-order chi connectivity index (χ0) is 18.1. The van der Waals surface area contributed by atoms with E-state index < -0.39 is 36.6 Å². The van der Waals surface area contributed by atoms with Gasteiger partial charge >= 0.3 is 0 Å². The number of methoxy groups -OCH3 is 3. The number of nitrogens with zero attached hydrogens (tertiary/aromatic N) is 3. The SMILES string of the molecule is COC1OC(CNC(=O)CN=[N+]=[N-])[C@H](OC)C(OC)C1NC(C)=O. The van der Waals surface area contributed by atoms with Gasteiger partial charge in [-0.2, -0.15) is 0 Å². The van der Waals surface area contributed by atoms with Crippen LogP contribution in [0.15, 0.2) is 5.11 Å². The maximum Gasteiger partial charge on any atom is 0.225 e. The third-order valence-corrected chi connectivity index (χ3v) is 3.57. The van der Waals surface area contributed by atoms with Crippen molar-refractivity contribution < 1.29 is 28.5 Å². The van der Waals surface area contributed by atoms with Crippen molar-refractivity contribution in [3.05, 3.63) is 10.4 Å². The van der Waals surface area contributed by atoms with Gasteiger partial charge in [-0.1, -0.05) is 5.11 Å². The number of hydrogen-bond donors (Lipinski definition) is 2. The second-order valence-corrected chi connectivity index (χ2v) is 5.10. The molecule has 0 spiro atoms. The van der Waals surface area contributed by atoms with Crippen LogP contribution in [-0.4, -0.2) is 76.9 Å². The second-order valence-electron chi connectivity index (χ2n) is 5.10. The van der Waals surface area contributed by atoms with Gasteiger partial charge in [0.15, 0.2) is 6.29 Å². The molecule has 1 rings (SSSR count). The molecule has 1 fully saturated rings. The summed E-state index contributed by atoms with van der Waals surface area (Å²) in [6, 6.07) is -0.572. The summed E-state index contributed by atoms with van der Waals surface area (Å²) in [7, 11) is 4.41. The third-order valence-electron chi connectivity index (χ3n) is 3.57. The Morgan fingerprint density at radius 3 is 2.38 bits per heavy atom. The highest BCUT2D eigenvalue weighted by atomic mass is 16.7. The van der Waals surface area contributed by atoms with E-state index in [0.717, 1.165) is 0 Å². The highest BCUT2D eigenvalue weighted by Gasteiger charge is 2.47. The molecule has 2 amide bonds. The molecule has 11 nitrogen and oxygen atoms in total. The van der Waals surface area contributed by atoms with E-state index in [1.807, 2.05) is 0 Å². The van der Waals surface area contributed by atoms with Crippen LogP contribution in [0.2, 0.25) is 0 Å². The first-order valence-electron chi connectivity index (χ1n) is 7.27. The smallest absolute Gasteiger partial charge is 0.225 e. The topological polar surface area (TPSA) is 144 Å². The molecule has 0 aromatic rings. The molecule has 5 atom stereocenters. The molecule has 24 heavy (non-hydrogen) atoms. The van der Waals surface area contributed by atoms with Crippen molar-refractivity contribution in [2.45, 2.75) is 37.6 Å². The Balaban J connectivity index is 2.83. The Bertz CT molecular complexity index is 483. The lowest BCUT2D eigenvalue weighted by molar-refractivity contribution is -0.263. The highest BCUT2D eigenvalue weighted by Crippen LogP contribution is 2.25. The van der Waals surface area contributed by atoms with E-state index in [2.05, 4.69) is 20.7 Å². The van der Waals surface area contributed by atoms with Gasteiger partial charge in [0.2, 0.25) is 11.8 Å². The Labute approximate surface area is 139 Å². The summed E-state index contributed by atoms with van der Waals surface area (Å²) in [6.45, 7) is 1.17. The lowest BCUT2D eigenvalue weighted by Gasteiger charge is -2.45. The molecule has 1 aliphatic heterocycles. The fourth-order valence-electron chi connectivity index (χ4n) is 2.59. The van der Waals surface area contributed by atoms with Crippen molar-refractivity contribution in [1.29, 1.82) is 0 Å². The molecule has 136 valence electrons. The van der Waals surface area contributed by atoms with Crippen molar-refractivity contribution in [2.75, 3.05) is 34.4 Å². The molecule has 1 heterocycles. The van der Waals surface area contributed by atoms with Gasteiger partial charge in [-0.15, -0.1) is 0 Å². The van der Waals surface area contributed by atoms with Crippen molar-refractivity contribution in [3.63, 3.8) is 0 Å². The number of azide groups is 1. The quantitative estimate of drug-likeness (QED) is 0.339. The average Bonchev–Trinajstić information content (AvgIpc) is 2.57. The maximum absolute atomic E-state index is 11.6. The molecule has 11 heteroatoms. The molecule has 0 radical (unpaired) electrons. The fraction of sp³-hybridized carbons (Fsp3) is 0.846. The minimum Gasteiger partial charge on any atom is -0.376 e. The van der Waals surface area contributed by atoms with Crippen LogP contribution in [0, 0.1) is 0 Å². The maximum atomic E-state index is 11.6. The Kier molecular flexibility index (Phi) is 8.44. The molecule has 0 bridgehead atoms. The van der Waals surface area contributed by atoms with Gasteiger partial charge in [-0.05, 0) is 5.53 Å². The van der Waals surface area contributed by atoms with Crippen molar-refractivity contribution in [2.24, 2.45) is 5.11 Å². The molecule has 1 aliphatic rings. The molecular formula is C13H23N5O6. The van der Waals surface area contributed by atoms with Crippen LogP contribution >= 0.6 is 0 Å². The predicted molar refractivity (Wildman–Crippen MR) is 81.9 cm³/mol. The van der Waals surface area contributed by atoms with Crippen LogP contribution in [0.4, 0.5) is 0 Å². The van der Waals surface area contributed by atoms with E-state index in [1.165, 1.54) is 28.3 Å². The molecule has 2 N–H and O–H groups in total. The molecule has 0 aromatic heterocycles. The summed E-state index contributed by atoms with van der Waals surface area (Å²) in [4.78, 5) is 25.5. The minimum atomic E-state index is -0.774. The number of carbonyl (C=O) groups excluding carboxylic acids is 2. The number of amides is 2. The van der Waals surface area contributed by atoms with Crippen LogP contribution in [-0.2, 0) is 28.5 Å². The normalized spacial score (nSPS) is 29.4. The van der Waals surface area contributed by atoms with E-state index in [1.54, 1.807) is 0 Å². The molecule has 0 aliphatic carbocycles. The van der Waals surface area contributed by atoms with Crippen LogP contribution in [0.25, 0.3) is 10.4 Å². The van der Waals surface area contributed by atoms with E-state index in [-0.39, 0.29) is 19.0 Å². The summed E-state index contributed by atoms with van der Waals surface area (Å²) < 4.78 is 22.0. The Morgan fingerprint density at radius 2 is 1.88 bits per heavy atom. The zero-order valence-corrected chi connectivity index (χ0v) is 14.1. The van der Waals surface area contributed by atoms with Gasteiger partial charge in [0.1, 0.15) is 30.9 Å². The van der Waals surface area contributed by atoms with E-state index in [4.69, 9.17) is 24.5 Å². The van der Waals surface area contributed by atoms with Gasteiger partial charge < -0.3 is 29.6 Å². The minimum absolute atomic E-state index is 0.102. The van der Waals surface area contributed by atoms with Crippen LogP contribution in [0.1, 0.15) is 6.92 Å². The Morgan fingerprint density at radius 1 is 1.21 bits per heavy atom. The zero-order valence-electron chi connectivity index (χ0n) is 14.1. The number of ether oxygens (including phenoxy) is 4. The van der Waals surface area contributed by atoms with Crippen molar-refractivity contribution >= 4 is 11.8 Å². The fourth-order valence-corrected chi connectivity index (χ4v) is 2.59. The lowest BCUT2D eigenvalue weighted by atomic mass is 9.96. The lowest BCUT2D eigenvalue weighted by Crippen LogP contribution is -2.66. The standard InChI is InChI=1S/C13H23N5O6/c1-7(19)17-10-12(22-3)11(21-2)8(24-13(10)23-4)5-15-9(20)6-16-18-14/h8,10-13H,5-6H2,1-4H3,(H,15,20)(H,17,19)/t8?,10?,11-,12?,13?/m0/s1. The van der Waals surface area contributed by atoms with Gasteiger partial charge in [-0.3, -0.25) is 9.59 Å². The number of carbonyl (C=O) groups is 2. The number of rotatable bonds is 8. The van der Waals surface area contributed by atoms with Gasteiger partial charge in [0.05, 0.1) is 0 Å². The highest BCUT2D eigenvalue weighted by molar-refractivity contribution is 5.78. The summed E-state index contributed by atoms with van der Waals surface area (Å²) in [5, 5.41) is 8.50. The summed E-state index contributed by atoms with van der Waals surface area (Å²) in [5.41, 5.74) is 8.21. The first kappa shape index (κ1) is 20.1. The van der Waals surface area contributed by atoms with Crippen molar-refractivity contribution in [3.8, 4) is 0 Å². The molecule has 0 aromatic carbocycles. The molecule has 4 unspecified atom stereocenters. The van der Waals surface area contributed by atoms with Crippen LogP contribution < -0.4 is 10.6 Å². The number of hydrogen-bond acceptors (Lipinski definition) is 7. The van der Waals surface area contributed by atoms with Gasteiger partial charge in [-0.25, -0.2) is 0 Å². The summed E-state index contributed by atoms with van der Waals surface area (Å²) in [6.07, 6.45) is -2.45. The third kappa shape index (κ3) is 5.32. The summed E-state index contributed by atoms with van der Waals surface area (Å²) >= 11 is 0. The Hall–Kier alpha value is -1.91. The predicted octanol–water partition coefficient (Wildman–Crippen LogP) is -0.681.